The predicted molar refractivity (Wildman–Crippen MR) is 71.2 cm³/mol. The number of carbonyl (C=O) groups excluding carboxylic acids is 1. The Bertz CT molecular complexity index is 466. The van der Waals surface area contributed by atoms with Crippen LogP contribution in [0.2, 0.25) is 0 Å². The molecule has 4 nitrogen and oxygen atoms in total. The molecule has 1 saturated carbocycles. The highest BCUT2D eigenvalue weighted by molar-refractivity contribution is 5.78. The summed E-state index contributed by atoms with van der Waals surface area (Å²) < 4.78 is 11.0. The molecule has 3 rings (SSSR count). The number of hydrogen-bond acceptors (Lipinski definition) is 3. The normalized spacial score (nSPS) is 18.3. The fraction of sp³-hybridized carbons (Fsp3) is 0.533. The van der Waals surface area contributed by atoms with E-state index in [1.165, 1.54) is 12.8 Å². The van der Waals surface area contributed by atoms with Gasteiger partial charge in [-0.1, -0.05) is 18.9 Å². The molecular formula is C15H19NO3. The smallest absolute Gasteiger partial charge is 0.223 e. The lowest BCUT2D eigenvalue weighted by atomic mass is 10.1. The van der Waals surface area contributed by atoms with Gasteiger partial charge in [-0.15, -0.1) is 0 Å². The SMILES string of the molecule is O=C(NCc1ccc2c(c1)OCCO2)C1CCCC1. The fourth-order valence-electron chi connectivity index (χ4n) is 2.72. The van der Waals surface area contributed by atoms with Gasteiger partial charge in [0.25, 0.3) is 0 Å². The average molecular weight is 261 g/mol. The zero-order chi connectivity index (χ0) is 13.1. The number of ether oxygens (including phenoxy) is 2. The lowest BCUT2D eigenvalue weighted by molar-refractivity contribution is -0.124. The number of rotatable bonds is 3. The quantitative estimate of drug-likeness (QED) is 0.908. The molecular weight excluding hydrogens is 242 g/mol. The minimum atomic E-state index is 0.187. The molecule has 1 amide bonds. The van der Waals surface area contributed by atoms with Crippen molar-refractivity contribution in [3.63, 3.8) is 0 Å². The Morgan fingerprint density at radius 3 is 2.68 bits per heavy atom. The molecule has 1 aliphatic carbocycles. The first kappa shape index (κ1) is 12.3. The third-order valence-electron chi connectivity index (χ3n) is 3.80. The largest absolute Gasteiger partial charge is 0.486 e. The molecule has 1 heterocycles. The van der Waals surface area contributed by atoms with Gasteiger partial charge in [0.1, 0.15) is 13.2 Å². The Morgan fingerprint density at radius 2 is 1.89 bits per heavy atom. The van der Waals surface area contributed by atoms with Crippen LogP contribution in [-0.4, -0.2) is 19.1 Å². The van der Waals surface area contributed by atoms with Crippen LogP contribution in [0.4, 0.5) is 0 Å². The highest BCUT2D eigenvalue weighted by Gasteiger charge is 2.22. The Hall–Kier alpha value is -1.71. The van der Waals surface area contributed by atoms with Crippen LogP contribution in [0.25, 0.3) is 0 Å². The van der Waals surface area contributed by atoms with Gasteiger partial charge >= 0.3 is 0 Å². The minimum Gasteiger partial charge on any atom is -0.486 e. The van der Waals surface area contributed by atoms with E-state index in [1.807, 2.05) is 18.2 Å². The van der Waals surface area contributed by atoms with E-state index >= 15 is 0 Å². The van der Waals surface area contributed by atoms with Crippen molar-refractivity contribution in [2.24, 2.45) is 5.92 Å². The number of benzene rings is 1. The van der Waals surface area contributed by atoms with Gasteiger partial charge in [0.05, 0.1) is 0 Å². The van der Waals surface area contributed by atoms with Crippen LogP contribution in [0.15, 0.2) is 18.2 Å². The van der Waals surface area contributed by atoms with Crippen molar-refractivity contribution in [2.75, 3.05) is 13.2 Å². The summed E-state index contributed by atoms with van der Waals surface area (Å²) in [5, 5.41) is 3.01. The highest BCUT2D eigenvalue weighted by atomic mass is 16.6. The molecule has 1 aromatic carbocycles. The molecule has 0 spiro atoms. The van der Waals surface area contributed by atoms with Gasteiger partial charge in [0.2, 0.25) is 5.91 Å². The maximum absolute atomic E-state index is 11.9. The van der Waals surface area contributed by atoms with Crippen LogP contribution in [0.3, 0.4) is 0 Å². The monoisotopic (exact) mass is 261 g/mol. The molecule has 0 unspecified atom stereocenters. The molecule has 1 fully saturated rings. The summed E-state index contributed by atoms with van der Waals surface area (Å²) in [6.07, 6.45) is 4.43. The molecule has 0 aromatic heterocycles. The molecule has 1 aliphatic heterocycles. The molecule has 1 aromatic rings. The second-order valence-corrected chi connectivity index (χ2v) is 5.18. The highest BCUT2D eigenvalue weighted by Crippen LogP contribution is 2.30. The fourth-order valence-corrected chi connectivity index (χ4v) is 2.72. The number of hydrogen-bond donors (Lipinski definition) is 1. The van der Waals surface area contributed by atoms with Gasteiger partial charge in [-0.05, 0) is 30.5 Å². The van der Waals surface area contributed by atoms with Crippen LogP contribution in [0, 0.1) is 5.92 Å². The summed E-state index contributed by atoms with van der Waals surface area (Å²) in [6, 6.07) is 5.83. The van der Waals surface area contributed by atoms with Crippen LogP contribution >= 0.6 is 0 Å². The third kappa shape index (κ3) is 2.83. The van der Waals surface area contributed by atoms with Crippen LogP contribution in [0.1, 0.15) is 31.2 Å². The van der Waals surface area contributed by atoms with Gasteiger partial charge in [0, 0.05) is 12.5 Å². The van der Waals surface area contributed by atoms with Gasteiger partial charge in [-0.2, -0.15) is 0 Å². The standard InChI is InChI=1S/C15H19NO3/c17-15(12-3-1-2-4-12)16-10-11-5-6-13-14(9-11)19-8-7-18-13/h5-6,9,12H,1-4,7-8,10H2,(H,16,17). The minimum absolute atomic E-state index is 0.187. The van der Waals surface area contributed by atoms with E-state index in [0.717, 1.165) is 29.9 Å². The van der Waals surface area contributed by atoms with Gasteiger partial charge in [-0.3, -0.25) is 4.79 Å². The van der Waals surface area contributed by atoms with E-state index in [0.29, 0.717) is 19.8 Å². The van der Waals surface area contributed by atoms with Crippen molar-refractivity contribution in [1.29, 1.82) is 0 Å². The van der Waals surface area contributed by atoms with Crippen molar-refractivity contribution < 1.29 is 14.3 Å². The summed E-state index contributed by atoms with van der Waals surface area (Å²) in [7, 11) is 0. The Labute approximate surface area is 113 Å². The molecule has 19 heavy (non-hydrogen) atoms. The number of fused-ring (bicyclic) bond motifs is 1. The number of amides is 1. The van der Waals surface area contributed by atoms with E-state index < -0.39 is 0 Å². The van der Waals surface area contributed by atoms with Crippen LogP contribution < -0.4 is 14.8 Å². The zero-order valence-corrected chi connectivity index (χ0v) is 11.0. The summed E-state index contributed by atoms with van der Waals surface area (Å²) >= 11 is 0. The molecule has 0 bridgehead atoms. The Balaban J connectivity index is 1.59. The molecule has 102 valence electrons. The first-order valence-electron chi connectivity index (χ1n) is 6.99. The molecule has 4 heteroatoms. The lowest BCUT2D eigenvalue weighted by Crippen LogP contribution is -2.28. The molecule has 2 aliphatic rings. The topological polar surface area (TPSA) is 47.6 Å². The molecule has 0 atom stereocenters. The lowest BCUT2D eigenvalue weighted by Gasteiger charge is -2.19. The maximum Gasteiger partial charge on any atom is 0.223 e. The van der Waals surface area contributed by atoms with Gasteiger partial charge < -0.3 is 14.8 Å². The molecule has 0 saturated heterocycles. The zero-order valence-electron chi connectivity index (χ0n) is 11.0. The van der Waals surface area contributed by atoms with Crippen molar-refractivity contribution in [3.05, 3.63) is 23.8 Å². The first-order valence-corrected chi connectivity index (χ1v) is 6.99. The van der Waals surface area contributed by atoms with Gasteiger partial charge in [-0.25, -0.2) is 0 Å². The summed E-state index contributed by atoms with van der Waals surface area (Å²) in [5.74, 6) is 1.97. The van der Waals surface area contributed by atoms with Crippen molar-refractivity contribution in [2.45, 2.75) is 32.2 Å². The maximum atomic E-state index is 11.9. The molecule has 1 N–H and O–H groups in total. The van der Waals surface area contributed by atoms with E-state index in [9.17, 15) is 4.79 Å². The predicted octanol–water partition coefficient (Wildman–Crippen LogP) is 2.26. The average Bonchev–Trinajstić information content (AvgIpc) is 2.99. The van der Waals surface area contributed by atoms with Crippen molar-refractivity contribution in [1.82, 2.24) is 5.32 Å². The number of carbonyl (C=O) groups is 1. The number of nitrogens with one attached hydrogen (secondary N) is 1. The van der Waals surface area contributed by atoms with Crippen LogP contribution in [-0.2, 0) is 11.3 Å². The third-order valence-corrected chi connectivity index (χ3v) is 3.80. The first-order chi connectivity index (χ1) is 9.33. The summed E-state index contributed by atoms with van der Waals surface area (Å²) in [4.78, 5) is 11.9. The second kappa shape index (κ2) is 5.51. The van der Waals surface area contributed by atoms with Crippen LogP contribution in [0.5, 0.6) is 11.5 Å². The summed E-state index contributed by atoms with van der Waals surface area (Å²) in [5.41, 5.74) is 1.05. The van der Waals surface area contributed by atoms with E-state index in [4.69, 9.17) is 9.47 Å². The van der Waals surface area contributed by atoms with Crippen molar-refractivity contribution in [3.8, 4) is 11.5 Å². The Morgan fingerprint density at radius 1 is 1.16 bits per heavy atom. The summed E-state index contributed by atoms with van der Waals surface area (Å²) in [6.45, 7) is 1.75. The van der Waals surface area contributed by atoms with Gasteiger partial charge in [0.15, 0.2) is 11.5 Å². The molecule has 0 radical (unpaired) electrons. The van der Waals surface area contributed by atoms with E-state index in [1.54, 1.807) is 0 Å². The van der Waals surface area contributed by atoms with E-state index in [2.05, 4.69) is 5.32 Å². The van der Waals surface area contributed by atoms with Crippen molar-refractivity contribution >= 4 is 5.91 Å². The van der Waals surface area contributed by atoms with E-state index in [-0.39, 0.29) is 11.8 Å². The Kier molecular flexibility index (Phi) is 3.58. The second-order valence-electron chi connectivity index (χ2n) is 5.18.